The lowest BCUT2D eigenvalue weighted by Crippen LogP contribution is -2.48. The number of benzene rings is 1. The third-order valence-corrected chi connectivity index (χ3v) is 4.02. The van der Waals surface area contributed by atoms with E-state index >= 15 is 0 Å². The summed E-state index contributed by atoms with van der Waals surface area (Å²) in [7, 11) is 0. The van der Waals surface area contributed by atoms with Gasteiger partial charge in [-0.2, -0.15) is 0 Å². The van der Waals surface area contributed by atoms with Crippen LogP contribution in [-0.4, -0.2) is 29.9 Å². The van der Waals surface area contributed by atoms with Crippen molar-refractivity contribution in [2.24, 2.45) is 11.7 Å². The van der Waals surface area contributed by atoms with Crippen LogP contribution in [0.2, 0.25) is 0 Å². The molecule has 0 aromatic heterocycles. The minimum absolute atomic E-state index is 0.113. The molecule has 1 aromatic carbocycles. The van der Waals surface area contributed by atoms with Gasteiger partial charge < -0.3 is 10.6 Å². The highest BCUT2D eigenvalue weighted by Gasteiger charge is 2.26. The van der Waals surface area contributed by atoms with E-state index in [9.17, 15) is 4.79 Å². The van der Waals surface area contributed by atoms with Crippen LogP contribution >= 0.6 is 0 Å². The standard InChI is InChI=1S/C16H24N2O/c1-2-13-9-6-10-18(12-13)16(19)15(17)11-14-7-4-3-5-8-14/h3-5,7-8,13,15H,2,6,9-12,17H2,1H3/t13?,15-/m0/s1. The predicted octanol–water partition coefficient (Wildman–Crippen LogP) is 2.21. The third kappa shape index (κ3) is 3.80. The first-order valence-electron chi connectivity index (χ1n) is 7.29. The van der Waals surface area contributed by atoms with Crippen molar-refractivity contribution in [3.8, 4) is 0 Å². The van der Waals surface area contributed by atoms with Crippen molar-refractivity contribution >= 4 is 5.91 Å². The number of hydrogen-bond acceptors (Lipinski definition) is 2. The fourth-order valence-corrected chi connectivity index (χ4v) is 2.79. The van der Waals surface area contributed by atoms with Crippen LogP contribution in [0.3, 0.4) is 0 Å². The maximum Gasteiger partial charge on any atom is 0.239 e. The van der Waals surface area contributed by atoms with Gasteiger partial charge in [0.15, 0.2) is 0 Å². The normalized spacial score (nSPS) is 21.2. The van der Waals surface area contributed by atoms with Crippen LogP contribution in [0, 0.1) is 5.92 Å². The number of likely N-dealkylation sites (tertiary alicyclic amines) is 1. The molecule has 104 valence electrons. The van der Waals surface area contributed by atoms with Gasteiger partial charge in [-0.3, -0.25) is 4.79 Å². The van der Waals surface area contributed by atoms with Gasteiger partial charge in [0.1, 0.15) is 0 Å². The smallest absolute Gasteiger partial charge is 0.239 e. The van der Waals surface area contributed by atoms with Crippen LogP contribution in [0.1, 0.15) is 31.7 Å². The van der Waals surface area contributed by atoms with Gasteiger partial charge in [-0.15, -0.1) is 0 Å². The fraction of sp³-hybridized carbons (Fsp3) is 0.562. The number of carbonyl (C=O) groups is 1. The molecule has 1 aliphatic rings. The second kappa shape index (κ2) is 6.71. The first kappa shape index (κ1) is 14.1. The number of hydrogen-bond donors (Lipinski definition) is 1. The van der Waals surface area contributed by atoms with E-state index in [0.717, 1.165) is 31.5 Å². The lowest BCUT2D eigenvalue weighted by Gasteiger charge is -2.34. The maximum absolute atomic E-state index is 12.4. The minimum Gasteiger partial charge on any atom is -0.341 e. The maximum atomic E-state index is 12.4. The van der Waals surface area contributed by atoms with E-state index in [4.69, 9.17) is 5.73 Å². The van der Waals surface area contributed by atoms with E-state index in [1.807, 2.05) is 35.2 Å². The van der Waals surface area contributed by atoms with Crippen LogP contribution in [0.25, 0.3) is 0 Å². The molecule has 2 rings (SSSR count). The predicted molar refractivity (Wildman–Crippen MR) is 77.7 cm³/mol. The number of amides is 1. The molecule has 1 amide bonds. The lowest BCUT2D eigenvalue weighted by atomic mass is 9.94. The number of piperidine rings is 1. The monoisotopic (exact) mass is 260 g/mol. The Kier molecular flexibility index (Phi) is 4.97. The SMILES string of the molecule is CCC1CCCN(C(=O)[C@@H](N)Cc2ccccc2)C1. The number of carbonyl (C=O) groups excluding carboxylic acids is 1. The van der Waals surface area contributed by atoms with Gasteiger partial charge >= 0.3 is 0 Å². The van der Waals surface area contributed by atoms with Crippen molar-refractivity contribution in [1.82, 2.24) is 4.90 Å². The Balaban J connectivity index is 1.91. The van der Waals surface area contributed by atoms with Crippen molar-refractivity contribution in [3.05, 3.63) is 35.9 Å². The van der Waals surface area contributed by atoms with Crippen LogP contribution in [0.5, 0.6) is 0 Å². The third-order valence-electron chi connectivity index (χ3n) is 4.02. The Morgan fingerprint density at radius 3 is 2.84 bits per heavy atom. The molecule has 0 radical (unpaired) electrons. The van der Waals surface area contributed by atoms with Crippen molar-refractivity contribution in [2.45, 2.75) is 38.6 Å². The molecule has 1 heterocycles. The van der Waals surface area contributed by atoms with Gasteiger partial charge in [0.2, 0.25) is 5.91 Å². The molecule has 2 atom stereocenters. The Labute approximate surface area is 115 Å². The molecular formula is C16H24N2O. The molecule has 0 bridgehead atoms. The molecule has 19 heavy (non-hydrogen) atoms. The van der Waals surface area contributed by atoms with Crippen LogP contribution in [0.4, 0.5) is 0 Å². The quantitative estimate of drug-likeness (QED) is 0.902. The summed E-state index contributed by atoms with van der Waals surface area (Å²) in [4.78, 5) is 14.3. The summed E-state index contributed by atoms with van der Waals surface area (Å²) in [6.45, 7) is 3.96. The lowest BCUT2D eigenvalue weighted by molar-refractivity contribution is -0.134. The molecule has 3 nitrogen and oxygen atoms in total. The molecular weight excluding hydrogens is 236 g/mol. The number of nitrogens with zero attached hydrogens (tertiary/aromatic N) is 1. The van der Waals surface area contributed by atoms with Crippen molar-refractivity contribution in [3.63, 3.8) is 0 Å². The van der Waals surface area contributed by atoms with Gasteiger partial charge in [-0.25, -0.2) is 0 Å². The molecule has 0 spiro atoms. The van der Waals surface area contributed by atoms with Crippen molar-refractivity contribution < 1.29 is 4.79 Å². The fourth-order valence-electron chi connectivity index (χ4n) is 2.79. The van der Waals surface area contributed by atoms with E-state index in [1.165, 1.54) is 6.42 Å². The summed E-state index contributed by atoms with van der Waals surface area (Å²) in [6, 6.07) is 9.60. The van der Waals surface area contributed by atoms with Gasteiger partial charge in [0.05, 0.1) is 6.04 Å². The Morgan fingerprint density at radius 2 is 2.16 bits per heavy atom. The zero-order valence-corrected chi connectivity index (χ0v) is 11.7. The van der Waals surface area contributed by atoms with Crippen molar-refractivity contribution in [2.75, 3.05) is 13.1 Å². The molecule has 0 saturated carbocycles. The molecule has 1 aliphatic heterocycles. The summed E-state index contributed by atoms with van der Waals surface area (Å²) in [5.74, 6) is 0.767. The average Bonchev–Trinajstić information content (AvgIpc) is 2.47. The van der Waals surface area contributed by atoms with Gasteiger partial charge in [0.25, 0.3) is 0 Å². The summed E-state index contributed by atoms with van der Waals surface area (Å²) in [5.41, 5.74) is 7.21. The topological polar surface area (TPSA) is 46.3 Å². The Morgan fingerprint density at radius 1 is 1.42 bits per heavy atom. The zero-order chi connectivity index (χ0) is 13.7. The number of rotatable bonds is 4. The molecule has 1 fully saturated rings. The van der Waals surface area contributed by atoms with Crippen LogP contribution < -0.4 is 5.73 Å². The molecule has 3 heteroatoms. The van der Waals surface area contributed by atoms with E-state index in [1.54, 1.807) is 0 Å². The number of nitrogens with two attached hydrogens (primary N) is 1. The molecule has 1 unspecified atom stereocenters. The van der Waals surface area contributed by atoms with Crippen LogP contribution in [-0.2, 0) is 11.2 Å². The molecule has 0 aliphatic carbocycles. The second-order valence-electron chi connectivity index (χ2n) is 5.50. The highest BCUT2D eigenvalue weighted by atomic mass is 16.2. The molecule has 1 aromatic rings. The molecule has 1 saturated heterocycles. The highest BCUT2D eigenvalue weighted by molar-refractivity contribution is 5.82. The largest absolute Gasteiger partial charge is 0.341 e. The second-order valence-corrected chi connectivity index (χ2v) is 5.50. The average molecular weight is 260 g/mol. The summed E-state index contributed by atoms with van der Waals surface area (Å²) in [5, 5.41) is 0. The highest BCUT2D eigenvalue weighted by Crippen LogP contribution is 2.19. The Bertz CT molecular complexity index is 404. The Hall–Kier alpha value is -1.35. The molecule has 2 N–H and O–H groups in total. The zero-order valence-electron chi connectivity index (χ0n) is 11.7. The first-order chi connectivity index (χ1) is 9.20. The van der Waals surface area contributed by atoms with Gasteiger partial charge in [-0.1, -0.05) is 43.7 Å². The first-order valence-corrected chi connectivity index (χ1v) is 7.29. The van der Waals surface area contributed by atoms with E-state index in [2.05, 4.69) is 6.92 Å². The van der Waals surface area contributed by atoms with E-state index < -0.39 is 6.04 Å². The van der Waals surface area contributed by atoms with Crippen LogP contribution in [0.15, 0.2) is 30.3 Å². The van der Waals surface area contributed by atoms with Crippen molar-refractivity contribution in [1.29, 1.82) is 0 Å². The van der Waals surface area contributed by atoms with E-state index in [-0.39, 0.29) is 5.91 Å². The summed E-state index contributed by atoms with van der Waals surface area (Å²) >= 11 is 0. The van der Waals surface area contributed by atoms with Gasteiger partial charge in [0, 0.05) is 13.1 Å². The van der Waals surface area contributed by atoms with Gasteiger partial charge in [-0.05, 0) is 30.7 Å². The summed E-state index contributed by atoms with van der Waals surface area (Å²) in [6.07, 6.45) is 4.14. The summed E-state index contributed by atoms with van der Waals surface area (Å²) < 4.78 is 0. The van der Waals surface area contributed by atoms with E-state index in [0.29, 0.717) is 12.3 Å². The minimum atomic E-state index is -0.405.